The second kappa shape index (κ2) is 8.70. The van der Waals surface area contributed by atoms with Crippen molar-refractivity contribution in [1.82, 2.24) is 20.5 Å². The van der Waals surface area contributed by atoms with Gasteiger partial charge in [-0.3, -0.25) is 20.0 Å². The average Bonchev–Trinajstić information content (AvgIpc) is 3.16. The lowest BCUT2D eigenvalue weighted by Gasteiger charge is -2.05. The number of amides is 2. The van der Waals surface area contributed by atoms with E-state index in [1.54, 1.807) is 55.6 Å². The fourth-order valence-corrected chi connectivity index (χ4v) is 3.02. The van der Waals surface area contributed by atoms with Gasteiger partial charge in [0.15, 0.2) is 5.82 Å². The number of benzene rings is 2. The minimum Gasteiger partial charge on any atom is -0.496 e. The van der Waals surface area contributed by atoms with Gasteiger partial charge in [-0.15, -0.1) is 5.10 Å². The summed E-state index contributed by atoms with van der Waals surface area (Å²) < 4.78 is 5.29. The minimum atomic E-state index is -0.444. The Morgan fingerprint density at radius 1 is 1.22 bits per heavy atom. The zero-order valence-corrected chi connectivity index (χ0v) is 15.8. The number of aromatic nitrogens is 3. The molecular weight excluding hydrogens is 388 g/mol. The molecule has 2 aromatic carbocycles. The summed E-state index contributed by atoms with van der Waals surface area (Å²) in [6.07, 6.45) is 0. The molecule has 138 valence electrons. The molecule has 3 aromatic rings. The summed E-state index contributed by atoms with van der Waals surface area (Å²) in [6, 6.07) is 13.7. The summed E-state index contributed by atoms with van der Waals surface area (Å²) in [5.41, 5.74) is 1.08. The van der Waals surface area contributed by atoms with Gasteiger partial charge in [0.2, 0.25) is 11.1 Å². The van der Waals surface area contributed by atoms with Crippen LogP contribution < -0.4 is 10.1 Å². The highest BCUT2D eigenvalue weighted by atomic mass is 35.5. The van der Waals surface area contributed by atoms with Gasteiger partial charge in [0.25, 0.3) is 5.91 Å². The Kier molecular flexibility index (Phi) is 6.10. The number of rotatable bonds is 6. The Morgan fingerprint density at radius 3 is 2.74 bits per heavy atom. The second-order valence-corrected chi connectivity index (χ2v) is 6.72. The van der Waals surface area contributed by atoms with E-state index in [1.165, 1.54) is 0 Å². The van der Waals surface area contributed by atoms with Crippen LogP contribution in [0.15, 0.2) is 53.7 Å². The van der Waals surface area contributed by atoms with Gasteiger partial charge in [0.05, 0.1) is 18.4 Å². The Morgan fingerprint density at radius 2 is 2.00 bits per heavy atom. The lowest BCUT2D eigenvalue weighted by Crippen LogP contribution is -2.31. The fourth-order valence-electron chi connectivity index (χ4n) is 2.25. The van der Waals surface area contributed by atoms with Gasteiger partial charge >= 0.3 is 0 Å². The van der Waals surface area contributed by atoms with Crippen molar-refractivity contribution in [3.63, 3.8) is 0 Å². The van der Waals surface area contributed by atoms with Crippen molar-refractivity contribution in [3.8, 4) is 17.1 Å². The van der Waals surface area contributed by atoms with E-state index in [0.29, 0.717) is 32.9 Å². The van der Waals surface area contributed by atoms with Gasteiger partial charge in [0, 0.05) is 10.6 Å². The number of carbonyl (C=O) groups excluding carboxylic acids is 2. The predicted octanol–water partition coefficient (Wildman–Crippen LogP) is 3.18. The van der Waals surface area contributed by atoms with Crippen molar-refractivity contribution >= 4 is 35.2 Å². The molecule has 0 aliphatic carbocycles. The maximum atomic E-state index is 12.0. The zero-order chi connectivity index (χ0) is 19.2. The maximum Gasteiger partial charge on any atom is 0.257 e. The van der Waals surface area contributed by atoms with Crippen LogP contribution in [-0.2, 0) is 4.79 Å². The van der Waals surface area contributed by atoms with E-state index < -0.39 is 11.8 Å². The van der Waals surface area contributed by atoms with E-state index in [2.05, 4.69) is 20.5 Å². The molecule has 9 heteroatoms. The van der Waals surface area contributed by atoms with Gasteiger partial charge in [-0.2, -0.15) is 0 Å². The molecule has 0 unspecified atom stereocenters. The van der Waals surface area contributed by atoms with Crippen molar-refractivity contribution in [2.75, 3.05) is 12.9 Å². The first kappa shape index (κ1) is 18.9. The molecule has 0 atom stereocenters. The highest BCUT2D eigenvalue weighted by Crippen LogP contribution is 2.31. The number of hydrogen-bond donors (Lipinski definition) is 2. The van der Waals surface area contributed by atoms with Crippen molar-refractivity contribution < 1.29 is 14.3 Å². The van der Waals surface area contributed by atoms with Crippen LogP contribution in [0.3, 0.4) is 0 Å². The molecule has 0 spiro atoms. The van der Waals surface area contributed by atoms with Crippen molar-refractivity contribution in [3.05, 3.63) is 59.1 Å². The van der Waals surface area contributed by atoms with Gasteiger partial charge in [-0.1, -0.05) is 41.6 Å². The topological polar surface area (TPSA) is 97.0 Å². The lowest BCUT2D eigenvalue weighted by molar-refractivity contribution is -0.117. The van der Waals surface area contributed by atoms with Crippen LogP contribution in [0.1, 0.15) is 10.4 Å². The van der Waals surface area contributed by atoms with Crippen LogP contribution in [0, 0.1) is 0 Å². The molecule has 0 aliphatic rings. The number of nitrogens with one attached hydrogen (secondary N) is 2. The van der Waals surface area contributed by atoms with Gasteiger partial charge < -0.3 is 4.74 Å². The third-order valence-corrected chi connectivity index (χ3v) is 4.59. The van der Waals surface area contributed by atoms with E-state index in [0.717, 1.165) is 11.8 Å². The minimum absolute atomic E-state index is 0.00253. The van der Waals surface area contributed by atoms with Crippen molar-refractivity contribution in [2.45, 2.75) is 5.16 Å². The number of carbonyl (C=O) groups is 2. The summed E-state index contributed by atoms with van der Waals surface area (Å²) in [5, 5.41) is 10.1. The molecule has 1 aromatic heterocycles. The molecular formula is C18H15ClN4O3S. The quantitative estimate of drug-likeness (QED) is 0.614. The van der Waals surface area contributed by atoms with Crippen LogP contribution in [0.2, 0.25) is 5.02 Å². The van der Waals surface area contributed by atoms with Crippen molar-refractivity contribution in [2.24, 2.45) is 0 Å². The van der Waals surface area contributed by atoms with Crippen LogP contribution >= 0.6 is 23.4 Å². The smallest absolute Gasteiger partial charge is 0.257 e. The highest BCUT2D eigenvalue weighted by Gasteiger charge is 2.14. The number of methoxy groups -OCH3 is 1. The zero-order valence-electron chi connectivity index (χ0n) is 14.2. The van der Waals surface area contributed by atoms with E-state index >= 15 is 0 Å². The summed E-state index contributed by atoms with van der Waals surface area (Å²) in [7, 11) is 1.55. The fraction of sp³-hybridized carbons (Fsp3) is 0.111. The Bertz CT molecular complexity index is 962. The predicted molar refractivity (Wildman–Crippen MR) is 103 cm³/mol. The summed E-state index contributed by atoms with van der Waals surface area (Å²) in [5.74, 6) is 0.194. The molecule has 27 heavy (non-hydrogen) atoms. The molecule has 0 aliphatic heterocycles. The Balaban J connectivity index is 1.61. The summed E-state index contributed by atoms with van der Waals surface area (Å²) in [4.78, 5) is 28.3. The number of hydrogen-bond acceptors (Lipinski definition) is 6. The molecule has 2 amide bonds. The van der Waals surface area contributed by atoms with E-state index in [9.17, 15) is 9.59 Å². The number of H-pyrrole nitrogens is 1. The maximum absolute atomic E-state index is 12.0. The third-order valence-electron chi connectivity index (χ3n) is 3.50. The third kappa shape index (κ3) is 4.87. The number of imide groups is 1. The first-order chi connectivity index (χ1) is 13.1. The van der Waals surface area contributed by atoms with Gasteiger partial charge in [0.1, 0.15) is 5.75 Å². The molecule has 0 radical (unpaired) electrons. The largest absolute Gasteiger partial charge is 0.496 e. The number of aromatic amines is 1. The molecule has 7 nitrogen and oxygen atoms in total. The summed E-state index contributed by atoms with van der Waals surface area (Å²) >= 11 is 7.13. The number of nitrogens with zero attached hydrogens (tertiary/aromatic N) is 2. The molecule has 0 bridgehead atoms. The van der Waals surface area contributed by atoms with E-state index in [4.69, 9.17) is 16.3 Å². The van der Waals surface area contributed by atoms with Crippen LogP contribution in [0.25, 0.3) is 11.4 Å². The van der Waals surface area contributed by atoms with Crippen LogP contribution in [0.5, 0.6) is 5.75 Å². The molecule has 3 rings (SSSR count). The van der Waals surface area contributed by atoms with Crippen molar-refractivity contribution in [1.29, 1.82) is 0 Å². The average molecular weight is 403 g/mol. The van der Waals surface area contributed by atoms with E-state index in [-0.39, 0.29) is 5.75 Å². The second-order valence-electron chi connectivity index (χ2n) is 5.34. The first-order valence-corrected chi connectivity index (χ1v) is 9.21. The molecule has 0 saturated heterocycles. The lowest BCUT2D eigenvalue weighted by atomic mass is 10.2. The SMILES string of the molecule is COc1ccc(Cl)cc1-c1nc(SCC(=O)NC(=O)c2ccccc2)n[nH]1. The molecule has 0 fully saturated rings. The Hall–Kier alpha value is -2.84. The monoisotopic (exact) mass is 402 g/mol. The Labute approximate surface area is 164 Å². The number of ether oxygens (including phenoxy) is 1. The highest BCUT2D eigenvalue weighted by molar-refractivity contribution is 7.99. The van der Waals surface area contributed by atoms with Crippen LogP contribution in [-0.4, -0.2) is 39.9 Å². The number of halogens is 1. The van der Waals surface area contributed by atoms with Gasteiger partial charge in [-0.05, 0) is 30.3 Å². The summed E-state index contributed by atoms with van der Waals surface area (Å²) in [6.45, 7) is 0. The van der Waals surface area contributed by atoms with Gasteiger partial charge in [-0.25, -0.2) is 4.98 Å². The number of thioether (sulfide) groups is 1. The standard InChI is InChI=1S/C18H15ClN4O3S/c1-26-14-8-7-12(19)9-13(14)16-21-18(23-22-16)27-10-15(24)20-17(25)11-5-3-2-4-6-11/h2-9H,10H2,1H3,(H,20,24,25)(H,21,22,23). The van der Waals surface area contributed by atoms with E-state index in [1.807, 2.05) is 0 Å². The van der Waals surface area contributed by atoms with Crippen LogP contribution in [0.4, 0.5) is 0 Å². The molecule has 2 N–H and O–H groups in total. The molecule has 0 saturated carbocycles. The normalized spacial score (nSPS) is 10.4. The first-order valence-electron chi connectivity index (χ1n) is 7.85. The molecule has 1 heterocycles.